The summed E-state index contributed by atoms with van der Waals surface area (Å²) in [6.45, 7) is 1.86. The highest BCUT2D eigenvalue weighted by Gasteiger charge is 2.22. The van der Waals surface area contributed by atoms with Crippen molar-refractivity contribution in [2.24, 2.45) is 17.2 Å². The molecule has 0 aliphatic heterocycles. The molecule has 0 aliphatic carbocycles. The molecular weight excluding hydrogens is 190 g/mol. The average molecular weight is 205 g/mol. The zero-order chi connectivity index (χ0) is 11.1. The van der Waals surface area contributed by atoms with Gasteiger partial charge in [-0.25, -0.2) is 9.59 Å². The highest BCUT2D eigenvalue weighted by Crippen LogP contribution is 2.07. The third kappa shape index (κ3) is 5.20. The number of rotatable bonds is 5. The third-order valence-electron chi connectivity index (χ3n) is 1.46. The van der Waals surface area contributed by atoms with Gasteiger partial charge in [0.15, 0.2) is 12.3 Å². The van der Waals surface area contributed by atoms with Gasteiger partial charge in [-0.15, -0.1) is 0 Å². The minimum atomic E-state index is -1.08. The number of primary amides is 2. The minimum absolute atomic E-state index is 0.442. The lowest BCUT2D eigenvalue weighted by molar-refractivity contribution is -0.00454. The summed E-state index contributed by atoms with van der Waals surface area (Å²) in [6, 6.07) is 0. The minimum Gasteiger partial charge on any atom is -0.441 e. The van der Waals surface area contributed by atoms with E-state index in [1.165, 1.54) is 0 Å². The van der Waals surface area contributed by atoms with Gasteiger partial charge in [-0.2, -0.15) is 0 Å². The molecule has 14 heavy (non-hydrogen) atoms. The van der Waals surface area contributed by atoms with Gasteiger partial charge < -0.3 is 20.9 Å². The monoisotopic (exact) mass is 205 g/mol. The predicted octanol–water partition coefficient (Wildman–Crippen LogP) is -0.369. The Morgan fingerprint density at radius 3 is 2.07 bits per heavy atom. The van der Waals surface area contributed by atoms with Crippen molar-refractivity contribution in [3.05, 3.63) is 0 Å². The van der Waals surface area contributed by atoms with Crippen molar-refractivity contribution in [3.8, 4) is 0 Å². The lowest BCUT2D eigenvalue weighted by Crippen LogP contribution is -2.43. The fourth-order valence-electron chi connectivity index (χ4n) is 0.934. The van der Waals surface area contributed by atoms with E-state index < -0.39 is 24.5 Å². The van der Waals surface area contributed by atoms with Crippen LogP contribution in [0.15, 0.2) is 0 Å². The van der Waals surface area contributed by atoms with Crippen molar-refractivity contribution in [1.29, 1.82) is 0 Å². The zero-order valence-electron chi connectivity index (χ0n) is 7.93. The number of carbonyl (C=O) groups is 2. The molecule has 2 atom stereocenters. The molecule has 0 spiro atoms. The first kappa shape index (κ1) is 12.5. The Hall–Kier alpha value is -1.50. The maximum absolute atomic E-state index is 10.4. The van der Waals surface area contributed by atoms with E-state index in [1.54, 1.807) is 0 Å². The maximum atomic E-state index is 10.4. The lowest BCUT2D eigenvalue weighted by atomic mass is 10.2. The molecule has 0 aromatic rings. The van der Waals surface area contributed by atoms with Gasteiger partial charge in [-0.1, -0.05) is 13.3 Å². The third-order valence-corrected chi connectivity index (χ3v) is 1.46. The molecule has 0 rings (SSSR count). The first-order chi connectivity index (χ1) is 6.47. The Bertz CT molecular complexity index is 209. The van der Waals surface area contributed by atoms with Crippen molar-refractivity contribution in [2.75, 3.05) is 0 Å². The van der Waals surface area contributed by atoms with Crippen LogP contribution < -0.4 is 17.2 Å². The molecule has 0 aromatic carbocycles. The normalized spacial score (nSPS) is 14.1. The molecule has 0 saturated heterocycles. The summed E-state index contributed by atoms with van der Waals surface area (Å²) >= 11 is 0. The van der Waals surface area contributed by atoms with Crippen LogP contribution in [0.1, 0.15) is 19.8 Å². The van der Waals surface area contributed by atoms with Crippen LogP contribution in [0.3, 0.4) is 0 Å². The summed E-state index contributed by atoms with van der Waals surface area (Å²) in [5.41, 5.74) is 14.9. The summed E-state index contributed by atoms with van der Waals surface area (Å²) in [5.74, 6) is 0. The number of nitrogens with two attached hydrogens (primary N) is 3. The highest BCUT2D eigenvalue weighted by atomic mass is 16.6. The van der Waals surface area contributed by atoms with Gasteiger partial charge in [-0.3, -0.25) is 5.73 Å². The SMILES string of the molecule is CCC[C@@H](OC(N)=O)C(N)OC(N)=O. The van der Waals surface area contributed by atoms with Crippen molar-refractivity contribution in [1.82, 2.24) is 0 Å². The van der Waals surface area contributed by atoms with E-state index in [-0.39, 0.29) is 0 Å². The van der Waals surface area contributed by atoms with Crippen molar-refractivity contribution in [2.45, 2.75) is 32.1 Å². The first-order valence-electron chi connectivity index (χ1n) is 4.15. The second-order valence-corrected chi connectivity index (χ2v) is 2.67. The summed E-state index contributed by atoms with van der Waals surface area (Å²) < 4.78 is 9.08. The molecule has 0 aromatic heterocycles. The maximum Gasteiger partial charge on any atom is 0.406 e. The van der Waals surface area contributed by atoms with Crippen LogP contribution in [0, 0.1) is 0 Å². The fraction of sp³-hybridized carbons (Fsp3) is 0.714. The van der Waals surface area contributed by atoms with Crippen molar-refractivity contribution in [3.63, 3.8) is 0 Å². The fourth-order valence-corrected chi connectivity index (χ4v) is 0.934. The van der Waals surface area contributed by atoms with Gasteiger partial charge in [0.25, 0.3) is 0 Å². The molecule has 82 valence electrons. The molecule has 0 aliphatic rings. The second kappa shape index (κ2) is 6.03. The molecule has 0 saturated carbocycles. The molecule has 0 fully saturated rings. The Morgan fingerprint density at radius 1 is 1.21 bits per heavy atom. The van der Waals surface area contributed by atoms with E-state index in [2.05, 4.69) is 9.47 Å². The van der Waals surface area contributed by atoms with Crippen LogP contribution in [-0.4, -0.2) is 24.5 Å². The Balaban J connectivity index is 4.16. The molecule has 2 amide bonds. The molecule has 1 unspecified atom stereocenters. The topological polar surface area (TPSA) is 131 Å². The van der Waals surface area contributed by atoms with E-state index in [0.717, 1.165) is 0 Å². The zero-order valence-corrected chi connectivity index (χ0v) is 7.93. The lowest BCUT2D eigenvalue weighted by Gasteiger charge is -2.21. The van der Waals surface area contributed by atoms with Crippen LogP contribution in [0.5, 0.6) is 0 Å². The van der Waals surface area contributed by atoms with Crippen LogP contribution in [0.25, 0.3) is 0 Å². The van der Waals surface area contributed by atoms with E-state index in [0.29, 0.717) is 12.8 Å². The Labute approximate surface area is 81.5 Å². The Morgan fingerprint density at radius 2 is 1.71 bits per heavy atom. The van der Waals surface area contributed by atoms with Gasteiger partial charge >= 0.3 is 12.2 Å². The van der Waals surface area contributed by atoms with Crippen LogP contribution in [-0.2, 0) is 9.47 Å². The van der Waals surface area contributed by atoms with Gasteiger partial charge in [0, 0.05) is 0 Å². The smallest absolute Gasteiger partial charge is 0.406 e. The summed E-state index contributed by atoms with van der Waals surface area (Å²) in [5, 5.41) is 0. The van der Waals surface area contributed by atoms with Gasteiger partial charge in [0.05, 0.1) is 0 Å². The van der Waals surface area contributed by atoms with E-state index in [9.17, 15) is 9.59 Å². The summed E-state index contributed by atoms with van der Waals surface area (Å²) in [4.78, 5) is 20.8. The molecule has 0 heterocycles. The molecule has 0 bridgehead atoms. The number of ether oxygens (including phenoxy) is 2. The number of carbonyl (C=O) groups excluding carboxylic acids is 2. The average Bonchev–Trinajstić information content (AvgIpc) is 2.01. The predicted molar refractivity (Wildman–Crippen MR) is 48.0 cm³/mol. The highest BCUT2D eigenvalue weighted by molar-refractivity contribution is 5.65. The van der Waals surface area contributed by atoms with Crippen molar-refractivity contribution < 1.29 is 19.1 Å². The van der Waals surface area contributed by atoms with Crippen LogP contribution in [0.4, 0.5) is 9.59 Å². The standard InChI is InChI=1S/C7H15N3O4/c1-2-3-4(13-6(9)11)5(8)14-7(10)12/h4-5H,2-3,8H2,1H3,(H2,9,11)(H2,10,12)/t4-,5?/m1/s1. The quantitative estimate of drug-likeness (QED) is 0.527. The van der Waals surface area contributed by atoms with Gasteiger partial charge in [-0.05, 0) is 6.42 Å². The molecule has 7 nitrogen and oxygen atoms in total. The van der Waals surface area contributed by atoms with Crippen molar-refractivity contribution >= 4 is 12.2 Å². The van der Waals surface area contributed by atoms with Gasteiger partial charge in [0.1, 0.15) is 0 Å². The molecule has 6 N–H and O–H groups in total. The van der Waals surface area contributed by atoms with Crippen LogP contribution in [0.2, 0.25) is 0 Å². The number of amides is 2. The molecule has 0 radical (unpaired) electrons. The van der Waals surface area contributed by atoms with E-state index >= 15 is 0 Å². The Kier molecular flexibility index (Phi) is 5.38. The van der Waals surface area contributed by atoms with E-state index in [4.69, 9.17) is 17.2 Å². The van der Waals surface area contributed by atoms with Gasteiger partial charge in [0.2, 0.25) is 0 Å². The molecular formula is C7H15N3O4. The summed E-state index contributed by atoms with van der Waals surface area (Å²) in [6.07, 6.45) is -2.69. The first-order valence-corrected chi connectivity index (χ1v) is 4.15. The largest absolute Gasteiger partial charge is 0.441 e. The number of hydrogen-bond donors (Lipinski definition) is 3. The van der Waals surface area contributed by atoms with E-state index in [1.807, 2.05) is 6.92 Å². The summed E-state index contributed by atoms with van der Waals surface area (Å²) in [7, 11) is 0. The van der Waals surface area contributed by atoms with Crippen LogP contribution >= 0.6 is 0 Å². The molecule has 7 heteroatoms. The second-order valence-electron chi connectivity index (χ2n) is 2.67. The number of hydrogen-bond acceptors (Lipinski definition) is 5.